The molecule has 1 N–H and O–H groups in total. The number of aromatic nitrogens is 2. The third kappa shape index (κ3) is 5.26. The number of nitrogens with zero attached hydrogens (tertiary/aromatic N) is 3. The van der Waals surface area contributed by atoms with E-state index in [-0.39, 0.29) is 11.7 Å². The first-order valence-corrected chi connectivity index (χ1v) is 11.8. The topological polar surface area (TPSA) is 76.5 Å². The summed E-state index contributed by atoms with van der Waals surface area (Å²) in [5.41, 5.74) is 0.236. The van der Waals surface area contributed by atoms with Gasteiger partial charge in [0.15, 0.2) is 5.69 Å². The zero-order chi connectivity index (χ0) is 22.3. The maximum Gasteiger partial charge on any atom is 0.275 e. The van der Waals surface area contributed by atoms with E-state index in [9.17, 15) is 9.59 Å². The van der Waals surface area contributed by atoms with E-state index < -0.39 is 11.3 Å². The van der Waals surface area contributed by atoms with Gasteiger partial charge in [-0.1, -0.05) is 18.9 Å². The van der Waals surface area contributed by atoms with Gasteiger partial charge in [0.1, 0.15) is 5.75 Å². The zero-order valence-corrected chi connectivity index (χ0v) is 19.0. The zero-order valence-electron chi connectivity index (χ0n) is 18.2. The van der Waals surface area contributed by atoms with Crippen molar-refractivity contribution in [3.05, 3.63) is 74.8 Å². The van der Waals surface area contributed by atoms with Gasteiger partial charge in [-0.2, -0.15) is 5.10 Å². The van der Waals surface area contributed by atoms with E-state index >= 15 is 0 Å². The molecule has 0 radical (unpaired) electrons. The van der Waals surface area contributed by atoms with Gasteiger partial charge >= 0.3 is 0 Å². The second kappa shape index (κ2) is 10.6. The van der Waals surface area contributed by atoms with Crippen LogP contribution in [0.2, 0.25) is 0 Å². The largest absolute Gasteiger partial charge is 0.497 e. The Labute approximate surface area is 191 Å². The van der Waals surface area contributed by atoms with Crippen LogP contribution in [-0.2, 0) is 0 Å². The monoisotopic (exact) mass is 452 g/mol. The van der Waals surface area contributed by atoms with Gasteiger partial charge in [0, 0.05) is 23.7 Å². The number of likely N-dealkylation sites (tertiary alicyclic amines) is 1. The van der Waals surface area contributed by atoms with Gasteiger partial charge in [0.05, 0.1) is 18.8 Å². The number of thiophene rings is 1. The SMILES string of the molecule is COc1ccc(-n2ccc(=O)c(C(=O)NC[C@H](c3cccs3)N3CCCCCC3)n2)cc1. The van der Waals surface area contributed by atoms with Gasteiger partial charge in [-0.15, -0.1) is 11.3 Å². The molecule has 2 aromatic heterocycles. The lowest BCUT2D eigenvalue weighted by molar-refractivity contribution is 0.0926. The van der Waals surface area contributed by atoms with Crippen LogP contribution in [0.5, 0.6) is 5.75 Å². The van der Waals surface area contributed by atoms with Crippen LogP contribution < -0.4 is 15.5 Å². The quantitative estimate of drug-likeness (QED) is 0.592. The summed E-state index contributed by atoms with van der Waals surface area (Å²) in [7, 11) is 1.60. The number of methoxy groups -OCH3 is 1. The van der Waals surface area contributed by atoms with Crippen molar-refractivity contribution >= 4 is 17.2 Å². The Morgan fingerprint density at radius 3 is 2.53 bits per heavy atom. The van der Waals surface area contributed by atoms with Gasteiger partial charge in [-0.3, -0.25) is 14.5 Å². The molecule has 0 aliphatic carbocycles. The molecule has 3 heterocycles. The van der Waals surface area contributed by atoms with Crippen molar-refractivity contribution in [2.45, 2.75) is 31.7 Å². The molecule has 0 saturated carbocycles. The number of benzene rings is 1. The number of amides is 1. The Bertz CT molecular complexity index is 1070. The van der Waals surface area contributed by atoms with Crippen LogP contribution in [0.25, 0.3) is 5.69 Å². The molecule has 3 aromatic rings. The maximum absolute atomic E-state index is 13.0. The second-order valence-corrected chi connectivity index (χ2v) is 8.84. The molecule has 1 fully saturated rings. The standard InChI is InChI=1S/C24H28N4O3S/c1-31-19-10-8-18(9-11-19)28-15-12-21(29)23(26-28)24(30)25-17-20(22-7-6-16-32-22)27-13-4-2-3-5-14-27/h6-12,15-16,20H,2-5,13-14,17H2,1H3,(H,25,30)/t20-/m1/s1. The smallest absolute Gasteiger partial charge is 0.275 e. The Hall–Kier alpha value is -2.97. The average molecular weight is 453 g/mol. The number of hydrogen-bond donors (Lipinski definition) is 1. The van der Waals surface area contributed by atoms with Crippen LogP contribution in [0.1, 0.15) is 47.1 Å². The molecule has 1 aliphatic heterocycles. The molecule has 1 aliphatic rings. The molecule has 1 amide bonds. The van der Waals surface area contributed by atoms with Gasteiger partial charge in [0.2, 0.25) is 5.43 Å². The van der Waals surface area contributed by atoms with Crippen molar-refractivity contribution in [2.75, 3.05) is 26.7 Å². The number of rotatable bonds is 7. The van der Waals surface area contributed by atoms with Crippen molar-refractivity contribution in [3.8, 4) is 11.4 Å². The van der Waals surface area contributed by atoms with Crippen molar-refractivity contribution in [1.82, 2.24) is 20.0 Å². The minimum atomic E-state index is -0.450. The van der Waals surface area contributed by atoms with E-state index in [1.807, 2.05) is 30.3 Å². The van der Waals surface area contributed by atoms with Crippen LogP contribution in [0.3, 0.4) is 0 Å². The third-order valence-electron chi connectivity index (χ3n) is 5.77. The van der Waals surface area contributed by atoms with E-state index in [2.05, 4.69) is 26.8 Å². The lowest BCUT2D eigenvalue weighted by Crippen LogP contribution is -2.40. The van der Waals surface area contributed by atoms with Gasteiger partial charge in [-0.25, -0.2) is 4.68 Å². The van der Waals surface area contributed by atoms with Crippen LogP contribution in [0.4, 0.5) is 0 Å². The summed E-state index contributed by atoms with van der Waals surface area (Å²) < 4.78 is 6.71. The molecule has 168 valence electrons. The number of carbonyl (C=O) groups is 1. The highest BCUT2D eigenvalue weighted by Crippen LogP contribution is 2.27. The number of hydrogen-bond acceptors (Lipinski definition) is 6. The normalized spacial score (nSPS) is 15.7. The van der Waals surface area contributed by atoms with E-state index in [4.69, 9.17) is 4.74 Å². The summed E-state index contributed by atoms with van der Waals surface area (Å²) >= 11 is 1.70. The highest BCUT2D eigenvalue weighted by Gasteiger charge is 2.24. The van der Waals surface area contributed by atoms with Crippen LogP contribution in [0.15, 0.2) is 58.8 Å². The fraction of sp³-hybridized carbons (Fsp3) is 0.375. The summed E-state index contributed by atoms with van der Waals surface area (Å²) in [5.74, 6) is 0.273. The molecule has 0 bridgehead atoms. The highest BCUT2D eigenvalue weighted by atomic mass is 32.1. The van der Waals surface area contributed by atoms with Crippen LogP contribution >= 0.6 is 11.3 Å². The minimum Gasteiger partial charge on any atom is -0.497 e. The number of carbonyl (C=O) groups excluding carboxylic acids is 1. The van der Waals surface area contributed by atoms with Crippen molar-refractivity contribution in [2.24, 2.45) is 0 Å². The summed E-state index contributed by atoms with van der Waals surface area (Å²) in [6, 6.07) is 12.9. The molecule has 4 rings (SSSR count). The number of ether oxygens (including phenoxy) is 1. The molecule has 0 spiro atoms. The molecule has 7 nitrogen and oxygen atoms in total. The predicted octanol–water partition coefficient (Wildman–Crippen LogP) is 3.65. The lowest BCUT2D eigenvalue weighted by Gasteiger charge is -2.30. The Kier molecular flexibility index (Phi) is 7.34. The van der Waals surface area contributed by atoms with Crippen LogP contribution in [0, 0.1) is 0 Å². The van der Waals surface area contributed by atoms with Gasteiger partial charge < -0.3 is 10.1 Å². The van der Waals surface area contributed by atoms with Crippen LogP contribution in [-0.4, -0.2) is 47.3 Å². The van der Waals surface area contributed by atoms with E-state index in [0.29, 0.717) is 6.54 Å². The molecule has 1 saturated heterocycles. The van der Waals surface area contributed by atoms with E-state index in [1.165, 1.54) is 41.3 Å². The Morgan fingerprint density at radius 1 is 1.12 bits per heavy atom. The molecule has 0 unspecified atom stereocenters. The van der Waals surface area contributed by atoms with Crippen molar-refractivity contribution < 1.29 is 9.53 Å². The molecular weight excluding hydrogens is 424 g/mol. The minimum absolute atomic E-state index is 0.101. The first-order valence-electron chi connectivity index (χ1n) is 11.0. The summed E-state index contributed by atoms with van der Waals surface area (Å²) in [6.45, 7) is 2.48. The second-order valence-electron chi connectivity index (χ2n) is 7.86. The summed E-state index contributed by atoms with van der Waals surface area (Å²) in [6.07, 6.45) is 6.40. The molecule has 8 heteroatoms. The van der Waals surface area contributed by atoms with Crippen molar-refractivity contribution in [3.63, 3.8) is 0 Å². The molecule has 32 heavy (non-hydrogen) atoms. The summed E-state index contributed by atoms with van der Waals surface area (Å²) in [4.78, 5) is 29.0. The van der Waals surface area contributed by atoms with Crippen molar-refractivity contribution in [1.29, 1.82) is 0 Å². The molecular formula is C24H28N4O3S. The van der Waals surface area contributed by atoms with E-state index in [1.54, 1.807) is 24.6 Å². The molecule has 1 aromatic carbocycles. The fourth-order valence-electron chi connectivity index (χ4n) is 4.01. The Balaban J connectivity index is 1.51. The predicted molar refractivity (Wildman–Crippen MR) is 126 cm³/mol. The van der Waals surface area contributed by atoms with E-state index in [0.717, 1.165) is 24.5 Å². The van der Waals surface area contributed by atoms with Gasteiger partial charge in [0.25, 0.3) is 5.91 Å². The number of nitrogens with one attached hydrogen (secondary N) is 1. The highest BCUT2D eigenvalue weighted by molar-refractivity contribution is 7.10. The average Bonchev–Trinajstić information content (AvgIpc) is 3.22. The fourth-order valence-corrected chi connectivity index (χ4v) is 4.87. The maximum atomic E-state index is 13.0. The van der Waals surface area contributed by atoms with Gasteiger partial charge in [-0.05, 0) is 61.6 Å². The summed E-state index contributed by atoms with van der Waals surface area (Å²) in [5, 5.41) is 9.34. The Morgan fingerprint density at radius 2 is 1.88 bits per heavy atom. The first-order chi connectivity index (χ1) is 15.7. The third-order valence-corrected chi connectivity index (χ3v) is 6.74. The first kappa shape index (κ1) is 22.2. The lowest BCUT2D eigenvalue weighted by atomic mass is 10.2. The molecule has 1 atom stereocenters.